The van der Waals surface area contributed by atoms with Gasteiger partial charge in [0.05, 0.1) is 25.4 Å². The van der Waals surface area contributed by atoms with Crippen molar-refractivity contribution in [3.63, 3.8) is 0 Å². The molecule has 1 saturated heterocycles. The van der Waals surface area contributed by atoms with Crippen molar-refractivity contribution < 1.29 is 9.53 Å². The summed E-state index contributed by atoms with van der Waals surface area (Å²) in [6.07, 6.45) is 2.82. The van der Waals surface area contributed by atoms with Crippen LogP contribution >= 0.6 is 0 Å². The van der Waals surface area contributed by atoms with Gasteiger partial charge in [-0.05, 0) is 66.6 Å². The van der Waals surface area contributed by atoms with Crippen LogP contribution in [0.1, 0.15) is 45.7 Å². The number of aromatic nitrogens is 1. The molecular formula is C25H26N4O2. The molecule has 0 saturated carbocycles. The Bertz CT molecular complexity index is 1070. The molecule has 2 aliphatic heterocycles. The van der Waals surface area contributed by atoms with E-state index in [0.29, 0.717) is 18.0 Å². The van der Waals surface area contributed by atoms with E-state index in [1.165, 1.54) is 5.56 Å². The number of benzene rings is 2. The summed E-state index contributed by atoms with van der Waals surface area (Å²) < 4.78 is 5.31. The zero-order chi connectivity index (χ0) is 21.2. The minimum atomic E-state index is -0.0831. The summed E-state index contributed by atoms with van der Waals surface area (Å²) in [6.45, 7) is 1.39. The van der Waals surface area contributed by atoms with Gasteiger partial charge in [-0.25, -0.2) is 0 Å². The molecule has 0 aliphatic carbocycles. The Morgan fingerprint density at radius 2 is 2.00 bits per heavy atom. The van der Waals surface area contributed by atoms with Gasteiger partial charge in [0, 0.05) is 29.4 Å². The normalized spacial score (nSPS) is 21.5. The van der Waals surface area contributed by atoms with Gasteiger partial charge in [-0.15, -0.1) is 0 Å². The van der Waals surface area contributed by atoms with E-state index < -0.39 is 0 Å². The van der Waals surface area contributed by atoms with Gasteiger partial charge in [-0.3, -0.25) is 9.78 Å². The van der Waals surface area contributed by atoms with Gasteiger partial charge in [0.2, 0.25) is 0 Å². The van der Waals surface area contributed by atoms with Crippen LogP contribution in [0.2, 0.25) is 0 Å². The molecule has 5 rings (SSSR count). The molecule has 0 radical (unpaired) electrons. The van der Waals surface area contributed by atoms with Crippen LogP contribution in [0, 0.1) is 5.92 Å². The van der Waals surface area contributed by atoms with E-state index in [4.69, 9.17) is 4.74 Å². The van der Waals surface area contributed by atoms with E-state index in [9.17, 15) is 4.79 Å². The minimum absolute atomic E-state index is 0.0831. The molecule has 2 aromatic carbocycles. The van der Waals surface area contributed by atoms with E-state index in [0.717, 1.165) is 35.7 Å². The van der Waals surface area contributed by atoms with Crippen molar-refractivity contribution in [3.05, 3.63) is 89.2 Å². The molecule has 3 N–H and O–H groups in total. The smallest absolute Gasteiger partial charge is 0.251 e. The second kappa shape index (κ2) is 8.40. The van der Waals surface area contributed by atoms with E-state index in [1.807, 2.05) is 48.5 Å². The predicted octanol–water partition coefficient (Wildman–Crippen LogP) is 3.84. The number of nitrogens with one attached hydrogen (secondary N) is 3. The maximum atomic E-state index is 12.8. The third-order valence-corrected chi connectivity index (χ3v) is 6.29. The molecule has 1 fully saturated rings. The molecular weight excluding hydrogens is 388 g/mol. The molecule has 3 atom stereocenters. The standard InChI is InChI=1S/C25H26N4O2/c1-31-19-8-5-16(6-9-19)23-20-11-13-27-24(20)21-14-17(7-10-22(21)29-23)25(30)28-15-18-4-2-3-12-26-18/h2-10,12,14,20,23-24,27,29H,11,13,15H2,1H3,(H,28,30). The number of fused-ring (bicyclic) bond motifs is 3. The van der Waals surface area contributed by atoms with Gasteiger partial charge in [0.25, 0.3) is 5.91 Å². The van der Waals surface area contributed by atoms with Crippen molar-refractivity contribution in [1.29, 1.82) is 0 Å². The van der Waals surface area contributed by atoms with Crippen LogP contribution in [0.5, 0.6) is 5.75 Å². The Morgan fingerprint density at radius 3 is 2.77 bits per heavy atom. The number of carbonyl (C=O) groups excluding carboxylic acids is 1. The van der Waals surface area contributed by atoms with Crippen LogP contribution in [0.3, 0.4) is 0 Å². The Morgan fingerprint density at radius 1 is 1.13 bits per heavy atom. The molecule has 3 aromatic rings. The third kappa shape index (κ3) is 3.86. The van der Waals surface area contributed by atoms with Gasteiger partial charge in [0.1, 0.15) is 5.75 Å². The van der Waals surface area contributed by atoms with E-state index in [-0.39, 0.29) is 18.0 Å². The fourth-order valence-electron chi connectivity index (χ4n) is 4.71. The first-order chi connectivity index (χ1) is 15.2. The van der Waals surface area contributed by atoms with E-state index in [1.54, 1.807) is 13.3 Å². The molecule has 6 heteroatoms. The molecule has 2 aliphatic rings. The number of amides is 1. The van der Waals surface area contributed by atoms with Crippen LogP contribution in [0.25, 0.3) is 0 Å². The summed E-state index contributed by atoms with van der Waals surface area (Å²) in [7, 11) is 1.69. The Hall–Kier alpha value is -3.38. The molecule has 6 nitrogen and oxygen atoms in total. The molecule has 1 amide bonds. The highest BCUT2D eigenvalue weighted by Crippen LogP contribution is 2.47. The summed E-state index contributed by atoms with van der Waals surface area (Å²) in [4.78, 5) is 17.0. The van der Waals surface area contributed by atoms with Crippen molar-refractivity contribution in [2.24, 2.45) is 5.92 Å². The highest BCUT2D eigenvalue weighted by molar-refractivity contribution is 5.95. The van der Waals surface area contributed by atoms with Crippen LogP contribution in [-0.4, -0.2) is 24.5 Å². The number of methoxy groups -OCH3 is 1. The lowest BCUT2D eigenvalue weighted by Gasteiger charge is -2.37. The fraction of sp³-hybridized carbons (Fsp3) is 0.280. The second-order valence-electron chi connectivity index (χ2n) is 8.09. The number of anilines is 1. The SMILES string of the molecule is COc1ccc(C2Nc3ccc(C(=O)NCc4ccccn4)cc3C3NCCC23)cc1. The van der Waals surface area contributed by atoms with Crippen molar-refractivity contribution in [2.45, 2.75) is 25.0 Å². The summed E-state index contributed by atoms with van der Waals surface area (Å²) in [5.74, 6) is 1.20. The van der Waals surface area contributed by atoms with Crippen LogP contribution in [0.15, 0.2) is 66.9 Å². The molecule has 0 bridgehead atoms. The zero-order valence-electron chi connectivity index (χ0n) is 17.5. The molecule has 0 spiro atoms. The van der Waals surface area contributed by atoms with Crippen molar-refractivity contribution in [1.82, 2.24) is 15.6 Å². The maximum Gasteiger partial charge on any atom is 0.251 e. The number of rotatable bonds is 5. The van der Waals surface area contributed by atoms with Gasteiger partial charge in [-0.1, -0.05) is 18.2 Å². The number of hydrogen-bond acceptors (Lipinski definition) is 5. The topological polar surface area (TPSA) is 75.3 Å². The average Bonchev–Trinajstić information content (AvgIpc) is 3.33. The number of ether oxygens (including phenoxy) is 1. The second-order valence-corrected chi connectivity index (χ2v) is 8.09. The zero-order valence-corrected chi connectivity index (χ0v) is 17.5. The lowest BCUT2D eigenvalue weighted by molar-refractivity contribution is 0.0950. The highest BCUT2D eigenvalue weighted by atomic mass is 16.5. The van der Waals surface area contributed by atoms with E-state index in [2.05, 4.69) is 33.1 Å². The summed E-state index contributed by atoms with van der Waals surface area (Å²) in [6, 6.07) is 20.4. The van der Waals surface area contributed by atoms with Crippen molar-refractivity contribution >= 4 is 11.6 Å². The third-order valence-electron chi connectivity index (χ3n) is 6.29. The van der Waals surface area contributed by atoms with Crippen LogP contribution < -0.4 is 20.7 Å². The number of pyridine rings is 1. The lowest BCUT2D eigenvalue weighted by atomic mass is 9.80. The Kier molecular flexibility index (Phi) is 5.30. The molecule has 3 unspecified atom stereocenters. The van der Waals surface area contributed by atoms with Gasteiger partial charge in [-0.2, -0.15) is 0 Å². The minimum Gasteiger partial charge on any atom is -0.497 e. The average molecular weight is 415 g/mol. The highest BCUT2D eigenvalue weighted by Gasteiger charge is 2.40. The van der Waals surface area contributed by atoms with Crippen LogP contribution in [0.4, 0.5) is 5.69 Å². The van der Waals surface area contributed by atoms with Crippen LogP contribution in [-0.2, 0) is 6.54 Å². The summed E-state index contributed by atoms with van der Waals surface area (Å²) in [5.41, 5.74) is 5.01. The van der Waals surface area contributed by atoms with Crippen molar-refractivity contribution in [2.75, 3.05) is 19.0 Å². The number of nitrogens with zero attached hydrogens (tertiary/aromatic N) is 1. The van der Waals surface area contributed by atoms with Gasteiger partial charge < -0.3 is 20.7 Å². The molecule has 31 heavy (non-hydrogen) atoms. The Labute approximate surface area is 182 Å². The predicted molar refractivity (Wildman–Crippen MR) is 120 cm³/mol. The molecule has 158 valence electrons. The first-order valence-corrected chi connectivity index (χ1v) is 10.7. The van der Waals surface area contributed by atoms with Gasteiger partial charge in [0.15, 0.2) is 0 Å². The number of hydrogen-bond donors (Lipinski definition) is 3. The van der Waals surface area contributed by atoms with Crippen molar-refractivity contribution in [3.8, 4) is 5.75 Å². The first-order valence-electron chi connectivity index (χ1n) is 10.7. The van der Waals surface area contributed by atoms with Gasteiger partial charge >= 0.3 is 0 Å². The molecule has 1 aromatic heterocycles. The number of carbonyl (C=O) groups is 1. The monoisotopic (exact) mass is 414 g/mol. The Balaban J connectivity index is 1.37. The molecule has 3 heterocycles. The van der Waals surface area contributed by atoms with E-state index >= 15 is 0 Å². The largest absolute Gasteiger partial charge is 0.497 e. The first kappa shape index (κ1) is 19.6. The maximum absolute atomic E-state index is 12.8. The summed E-state index contributed by atoms with van der Waals surface area (Å²) >= 11 is 0. The summed E-state index contributed by atoms with van der Waals surface area (Å²) in [5, 5.41) is 10.4. The quantitative estimate of drug-likeness (QED) is 0.592. The lowest BCUT2D eigenvalue weighted by Crippen LogP contribution is -2.33. The fourth-order valence-corrected chi connectivity index (χ4v) is 4.71.